The topological polar surface area (TPSA) is 34.0 Å². The normalized spacial score (nSPS) is 11.4. The summed E-state index contributed by atoms with van der Waals surface area (Å²) in [7, 11) is 0. The van der Waals surface area contributed by atoms with E-state index in [-0.39, 0.29) is 12.5 Å². The van der Waals surface area contributed by atoms with E-state index in [0.717, 1.165) is 21.2 Å². The minimum Gasteiger partial charge on any atom is -0.351 e. The number of aryl methyl sites for hydroxylation is 1. The van der Waals surface area contributed by atoms with Crippen LogP contribution in [0.5, 0.6) is 0 Å². The second kappa shape index (κ2) is 6.96. The Labute approximate surface area is 149 Å². The van der Waals surface area contributed by atoms with Crippen molar-refractivity contribution in [1.29, 1.82) is 0 Å². The molecule has 1 amide bonds. The number of hydrogen-bond acceptors (Lipinski definition) is 2. The van der Waals surface area contributed by atoms with Crippen LogP contribution in [-0.4, -0.2) is 17.0 Å². The van der Waals surface area contributed by atoms with Gasteiger partial charge in [0, 0.05) is 23.1 Å². The molecule has 3 aromatic rings. The molecule has 132 valence electrons. The van der Waals surface area contributed by atoms with Gasteiger partial charge in [-0.1, -0.05) is 19.9 Å². The maximum absolute atomic E-state index is 14.1. The van der Waals surface area contributed by atoms with Crippen molar-refractivity contribution in [1.82, 2.24) is 9.88 Å². The molecule has 0 saturated carbocycles. The Morgan fingerprint density at radius 3 is 2.68 bits per heavy atom. The van der Waals surface area contributed by atoms with Gasteiger partial charge in [-0.15, -0.1) is 11.3 Å². The van der Waals surface area contributed by atoms with E-state index in [4.69, 9.17) is 0 Å². The summed E-state index contributed by atoms with van der Waals surface area (Å²) in [5.41, 5.74) is 1.73. The number of carbonyl (C=O) groups excluding carboxylic acids is 1. The summed E-state index contributed by atoms with van der Waals surface area (Å²) in [6.45, 7) is 6.79. The van der Waals surface area contributed by atoms with Gasteiger partial charge < -0.3 is 9.88 Å². The maximum atomic E-state index is 14.1. The molecule has 2 aromatic heterocycles. The van der Waals surface area contributed by atoms with Gasteiger partial charge in [0.25, 0.3) is 5.91 Å². The number of thiophene rings is 1. The van der Waals surface area contributed by atoms with Crippen molar-refractivity contribution in [3.8, 4) is 0 Å². The predicted octanol–water partition coefficient (Wildman–Crippen LogP) is 4.72. The molecule has 1 aromatic carbocycles. The van der Waals surface area contributed by atoms with E-state index < -0.39 is 11.6 Å². The van der Waals surface area contributed by atoms with Crippen LogP contribution < -0.4 is 5.32 Å². The quantitative estimate of drug-likeness (QED) is 0.700. The van der Waals surface area contributed by atoms with Gasteiger partial charge in [0.2, 0.25) is 0 Å². The zero-order valence-corrected chi connectivity index (χ0v) is 15.2. The number of rotatable bonds is 5. The molecule has 0 fully saturated rings. The molecule has 0 spiro atoms. The van der Waals surface area contributed by atoms with Crippen LogP contribution in [0.3, 0.4) is 0 Å². The van der Waals surface area contributed by atoms with E-state index in [1.807, 2.05) is 32.9 Å². The van der Waals surface area contributed by atoms with Gasteiger partial charge in [0.15, 0.2) is 0 Å². The van der Waals surface area contributed by atoms with Crippen molar-refractivity contribution >= 4 is 27.5 Å². The Balaban J connectivity index is 2.01. The number of hydrogen-bond donors (Lipinski definition) is 1. The van der Waals surface area contributed by atoms with Gasteiger partial charge in [-0.2, -0.15) is 0 Å². The molecule has 0 radical (unpaired) electrons. The summed E-state index contributed by atoms with van der Waals surface area (Å²) >= 11 is 1.59. The van der Waals surface area contributed by atoms with Crippen LogP contribution in [-0.2, 0) is 6.54 Å². The van der Waals surface area contributed by atoms with Crippen molar-refractivity contribution in [3.63, 3.8) is 0 Å². The van der Waals surface area contributed by atoms with Crippen LogP contribution in [0.4, 0.5) is 8.78 Å². The van der Waals surface area contributed by atoms with E-state index in [2.05, 4.69) is 5.32 Å². The number of nitrogens with one attached hydrogen (secondary N) is 1. The van der Waals surface area contributed by atoms with Crippen LogP contribution in [0.2, 0.25) is 0 Å². The van der Waals surface area contributed by atoms with E-state index in [0.29, 0.717) is 23.7 Å². The van der Waals surface area contributed by atoms with Gasteiger partial charge in [-0.25, -0.2) is 8.78 Å². The third kappa shape index (κ3) is 3.74. The van der Waals surface area contributed by atoms with E-state index in [1.54, 1.807) is 15.9 Å². The Hall–Kier alpha value is -2.21. The lowest BCUT2D eigenvalue weighted by atomic mass is 10.2. The number of benzene rings is 1. The lowest BCUT2D eigenvalue weighted by molar-refractivity contribution is 0.0940. The van der Waals surface area contributed by atoms with Gasteiger partial charge in [-0.3, -0.25) is 4.79 Å². The Kier molecular flexibility index (Phi) is 4.90. The minimum atomic E-state index is -0.611. The van der Waals surface area contributed by atoms with Gasteiger partial charge >= 0.3 is 0 Å². The number of aromatic nitrogens is 1. The fraction of sp³-hybridized carbons (Fsp3) is 0.316. The average molecular weight is 362 g/mol. The molecule has 2 heterocycles. The number of carbonyl (C=O) groups is 1. The summed E-state index contributed by atoms with van der Waals surface area (Å²) < 4.78 is 30.0. The molecule has 0 unspecified atom stereocenters. The Morgan fingerprint density at radius 1 is 1.24 bits per heavy atom. The lowest BCUT2D eigenvalue weighted by Gasteiger charge is -2.12. The lowest BCUT2D eigenvalue weighted by Crippen LogP contribution is -2.29. The summed E-state index contributed by atoms with van der Waals surface area (Å²) in [6.07, 6.45) is 0. The molecule has 6 heteroatoms. The summed E-state index contributed by atoms with van der Waals surface area (Å²) in [6, 6.07) is 7.35. The SMILES string of the molecule is Cc1cc2c(cc(C(=O)NCC(C)C)n2Cc2ccc(F)cc2F)s1. The highest BCUT2D eigenvalue weighted by atomic mass is 32.1. The number of halogens is 2. The zero-order chi connectivity index (χ0) is 18.1. The van der Waals surface area contributed by atoms with Crippen molar-refractivity contribution in [2.75, 3.05) is 6.54 Å². The molecule has 0 saturated heterocycles. The second-order valence-corrected chi connectivity index (χ2v) is 7.85. The smallest absolute Gasteiger partial charge is 0.267 e. The molecular weight excluding hydrogens is 342 g/mol. The van der Waals surface area contributed by atoms with Crippen molar-refractivity contribution in [2.45, 2.75) is 27.3 Å². The number of amides is 1. The van der Waals surface area contributed by atoms with Crippen LogP contribution in [0, 0.1) is 24.5 Å². The highest BCUT2D eigenvalue weighted by Crippen LogP contribution is 2.29. The standard InChI is InChI=1S/C19H20F2N2OS/c1-11(2)9-22-19(24)17-8-18-16(6-12(3)25-18)23(17)10-13-4-5-14(20)7-15(13)21/h4-8,11H,9-10H2,1-3H3,(H,22,24). The Morgan fingerprint density at radius 2 is 2.00 bits per heavy atom. The third-order valence-corrected chi connectivity index (χ3v) is 4.95. The van der Waals surface area contributed by atoms with Crippen molar-refractivity contribution in [2.24, 2.45) is 5.92 Å². The molecule has 0 bridgehead atoms. The molecule has 1 N–H and O–H groups in total. The second-order valence-electron chi connectivity index (χ2n) is 6.56. The van der Waals surface area contributed by atoms with Gasteiger partial charge in [0.1, 0.15) is 17.3 Å². The first-order chi connectivity index (χ1) is 11.8. The fourth-order valence-corrected chi connectivity index (χ4v) is 3.69. The summed E-state index contributed by atoms with van der Waals surface area (Å²) in [5.74, 6) is -1.06. The highest BCUT2D eigenvalue weighted by molar-refractivity contribution is 7.19. The van der Waals surface area contributed by atoms with Crippen LogP contribution in [0.1, 0.15) is 34.8 Å². The maximum Gasteiger partial charge on any atom is 0.267 e. The third-order valence-electron chi connectivity index (χ3n) is 3.96. The van der Waals surface area contributed by atoms with E-state index in [9.17, 15) is 13.6 Å². The molecule has 0 aliphatic carbocycles. The molecular formula is C19H20F2N2OS. The zero-order valence-electron chi connectivity index (χ0n) is 14.4. The first kappa shape index (κ1) is 17.6. The Bertz CT molecular complexity index is 927. The molecule has 3 rings (SSSR count). The fourth-order valence-electron chi connectivity index (χ4n) is 2.73. The monoisotopic (exact) mass is 362 g/mol. The van der Waals surface area contributed by atoms with E-state index in [1.165, 1.54) is 12.1 Å². The van der Waals surface area contributed by atoms with Crippen LogP contribution >= 0.6 is 11.3 Å². The molecule has 0 aliphatic heterocycles. The predicted molar refractivity (Wildman–Crippen MR) is 97.2 cm³/mol. The molecule has 3 nitrogen and oxygen atoms in total. The van der Waals surface area contributed by atoms with E-state index >= 15 is 0 Å². The van der Waals surface area contributed by atoms with Crippen LogP contribution in [0.15, 0.2) is 30.3 Å². The van der Waals surface area contributed by atoms with Gasteiger partial charge in [-0.05, 0) is 31.0 Å². The number of nitrogens with zero attached hydrogens (tertiary/aromatic N) is 1. The summed E-state index contributed by atoms with van der Waals surface area (Å²) in [4.78, 5) is 13.7. The van der Waals surface area contributed by atoms with Crippen molar-refractivity contribution < 1.29 is 13.6 Å². The first-order valence-electron chi connectivity index (χ1n) is 8.17. The molecule has 25 heavy (non-hydrogen) atoms. The number of fused-ring (bicyclic) bond motifs is 1. The largest absolute Gasteiger partial charge is 0.351 e. The average Bonchev–Trinajstić information content (AvgIpc) is 3.04. The highest BCUT2D eigenvalue weighted by Gasteiger charge is 2.18. The van der Waals surface area contributed by atoms with Crippen LogP contribution in [0.25, 0.3) is 10.2 Å². The minimum absolute atomic E-state index is 0.177. The molecule has 0 atom stereocenters. The van der Waals surface area contributed by atoms with Gasteiger partial charge in [0.05, 0.1) is 16.8 Å². The molecule has 0 aliphatic rings. The first-order valence-corrected chi connectivity index (χ1v) is 8.98. The summed E-state index contributed by atoms with van der Waals surface area (Å²) in [5, 5.41) is 2.90. The van der Waals surface area contributed by atoms with Crippen molar-refractivity contribution in [3.05, 3.63) is 58.1 Å².